The first kappa shape index (κ1) is 14.6. The minimum Gasteiger partial charge on any atom is -0.461 e. The Balaban J connectivity index is 2.23. The Morgan fingerprint density at radius 3 is 2.67 bits per heavy atom. The van der Waals surface area contributed by atoms with E-state index in [2.05, 4.69) is 11.9 Å². The molecule has 0 aliphatic carbocycles. The van der Waals surface area contributed by atoms with Gasteiger partial charge in [-0.15, -0.1) is 0 Å². The minimum atomic E-state index is -0.353. The Bertz CT molecular complexity index is 349. The van der Waals surface area contributed by atoms with E-state index in [1.807, 2.05) is 0 Å². The maximum absolute atomic E-state index is 11.6. The number of rotatable bonds is 8. The molecular formula is C14H22N2O2. The monoisotopic (exact) mass is 250 g/mol. The molecule has 0 saturated carbocycles. The largest absolute Gasteiger partial charge is 0.461 e. The van der Waals surface area contributed by atoms with Crippen LogP contribution in [0, 0.1) is 0 Å². The van der Waals surface area contributed by atoms with Gasteiger partial charge in [0.05, 0.1) is 6.61 Å². The maximum atomic E-state index is 11.6. The van der Waals surface area contributed by atoms with Gasteiger partial charge in [0, 0.05) is 12.7 Å². The number of hydrogen-bond acceptors (Lipinski definition) is 4. The van der Waals surface area contributed by atoms with E-state index in [0.717, 1.165) is 18.4 Å². The van der Waals surface area contributed by atoms with Crippen LogP contribution in [0.4, 0.5) is 0 Å². The molecule has 0 spiro atoms. The lowest BCUT2D eigenvalue weighted by molar-refractivity contribution is 0.0491. The van der Waals surface area contributed by atoms with E-state index in [1.54, 1.807) is 18.3 Å². The van der Waals surface area contributed by atoms with Gasteiger partial charge in [-0.1, -0.05) is 38.7 Å². The molecule has 0 amide bonds. The molecule has 0 aliphatic rings. The zero-order valence-corrected chi connectivity index (χ0v) is 11.0. The molecular weight excluding hydrogens is 228 g/mol. The molecule has 0 aliphatic heterocycles. The molecule has 0 saturated heterocycles. The molecule has 0 fully saturated rings. The first-order valence-corrected chi connectivity index (χ1v) is 6.60. The van der Waals surface area contributed by atoms with E-state index in [1.165, 1.54) is 19.3 Å². The number of hydrogen-bond donors (Lipinski definition) is 1. The van der Waals surface area contributed by atoms with Crippen molar-refractivity contribution in [3.05, 3.63) is 29.6 Å². The van der Waals surface area contributed by atoms with Gasteiger partial charge in [-0.2, -0.15) is 0 Å². The van der Waals surface area contributed by atoms with Gasteiger partial charge in [-0.3, -0.25) is 0 Å². The van der Waals surface area contributed by atoms with Crippen molar-refractivity contribution in [2.45, 2.75) is 45.6 Å². The molecule has 0 radical (unpaired) electrons. The molecule has 0 atom stereocenters. The molecule has 100 valence electrons. The average molecular weight is 250 g/mol. The third-order valence-electron chi connectivity index (χ3n) is 2.75. The second-order valence-electron chi connectivity index (χ2n) is 4.31. The van der Waals surface area contributed by atoms with Crippen LogP contribution in [-0.4, -0.2) is 17.6 Å². The lowest BCUT2D eigenvalue weighted by Crippen LogP contribution is -2.09. The van der Waals surface area contributed by atoms with Gasteiger partial charge in [-0.25, -0.2) is 9.78 Å². The lowest BCUT2D eigenvalue weighted by Gasteiger charge is -2.04. The summed E-state index contributed by atoms with van der Waals surface area (Å²) in [6.07, 6.45) is 7.32. The third kappa shape index (κ3) is 5.27. The molecule has 1 aromatic heterocycles. The number of unbranched alkanes of at least 4 members (excludes halogenated alkanes) is 4. The molecule has 2 N–H and O–H groups in total. The summed E-state index contributed by atoms with van der Waals surface area (Å²) < 4.78 is 5.15. The van der Waals surface area contributed by atoms with Crippen molar-refractivity contribution in [1.29, 1.82) is 0 Å². The second kappa shape index (κ2) is 8.64. The third-order valence-corrected chi connectivity index (χ3v) is 2.75. The summed E-state index contributed by atoms with van der Waals surface area (Å²) in [4.78, 5) is 15.6. The van der Waals surface area contributed by atoms with Crippen LogP contribution in [0.3, 0.4) is 0 Å². The van der Waals surface area contributed by atoms with Crippen LogP contribution in [0.5, 0.6) is 0 Å². The number of esters is 1. The van der Waals surface area contributed by atoms with Crippen molar-refractivity contribution in [3.63, 3.8) is 0 Å². The van der Waals surface area contributed by atoms with Crippen LogP contribution in [0.15, 0.2) is 18.3 Å². The highest BCUT2D eigenvalue weighted by atomic mass is 16.5. The number of carbonyl (C=O) groups is 1. The average Bonchev–Trinajstić information content (AvgIpc) is 2.42. The Morgan fingerprint density at radius 2 is 2.06 bits per heavy atom. The number of ether oxygens (including phenoxy) is 1. The summed E-state index contributed by atoms with van der Waals surface area (Å²) in [5.41, 5.74) is 6.71. The summed E-state index contributed by atoms with van der Waals surface area (Å²) in [5.74, 6) is -0.353. The smallest absolute Gasteiger partial charge is 0.356 e. The van der Waals surface area contributed by atoms with E-state index < -0.39 is 0 Å². The highest BCUT2D eigenvalue weighted by Gasteiger charge is 2.07. The van der Waals surface area contributed by atoms with Crippen LogP contribution < -0.4 is 5.73 Å². The van der Waals surface area contributed by atoms with Crippen molar-refractivity contribution < 1.29 is 9.53 Å². The molecule has 0 bridgehead atoms. The molecule has 1 aromatic rings. The van der Waals surface area contributed by atoms with Gasteiger partial charge >= 0.3 is 5.97 Å². The van der Waals surface area contributed by atoms with E-state index in [0.29, 0.717) is 18.8 Å². The molecule has 0 aromatic carbocycles. The van der Waals surface area contributed by atoms with Gasteiger partial charge in [0.15, 0.2) is 0 Å². The Kier molecular flexibility index (Phi) is 7.03. The van der Waals surface area contributed by atoms with Crippen LogP contribution >= 0.6 is 0 Å². The normalized spacial score (nSPS) is 10.3. The fraction of sp³-hybridized carbons (Fsp3) is 0.571. The molecule has 4 nitrogen and oxygen atoms in total. The highest BCUT2D eigenvalue weighted by molar-refractivity contribution is 5.87. The lowest BCUT2D eigenvalue weighted by atomic mass is 10.2. The molecule has 0 unspecified atom stereocenters. The molecule has 1 heterocycles. The van der Waals surface area contributed by atoms with Gasteiger partial charge in [0.1, 0.15) is 5.69 Å². The summed E-state index contributed by atoms with van der Waals surface area (Å²) in [6, 6.07) is 3.45. The molecule has 18 heavy (non-hydrogen) atoms. The van der Waals surface area contributed by atoms with E-state index in [4.69, 9.17) is 10.5 Å². The summed E-state index contributed by atoms with van der Waals surface area (Å²) in [6.45, 7) is 3.08. The first-order valence-electron chi connectivity index (χ1n) is 6.60. The van der Waals surface area contributed by atoms with Gasteiger partial charge < -0.3 is 10.5 Å². The quantitative estimate of drug-likeness (QED) is 0.569. The SMILES string of the molecule is CCCCCCCOC(=O)c1ccc(CN)cn1. The van der Waals surface area contributed by atoms with Gasteiger partial charge in [0.2, 0.25) is 0 Å². The fourth-order valence-electron chi connectivity index (χ4n) is 1.61. The van der Waals surface area contributed by atoms with Crippen LogP contribution in [-0.2, 0) is 11.3 Å². The standard InChI is InChI=1S/C14H22N2O2/c1-2-3-4-5-6-9-18-14(17)13-8-7-12(10-15)11-16-13/h7-8,11H,2-6,9-10,15H2,1H3. The number of pyridine rings is 1. The zero-order chi connectivity index (χ0) is 13.2. The highest BCUT2D eigenvalue weighted by Crippen LogP contribution is 2.05. The maximum Gasteiger partial charge on any atom is 0.356 e. The van der Waals surface area contributed by atoms with Crippen molar-refractivity contribution in [2.75, 3.05) is 6.61 Å². The summed E-state index contributed by atoms with van der Waals surface area (Å²) in [7, 11) is 0. The summed E-state index contributed by atoms with van der Waals surface area (Å²) in [5, 5.41) is 0. The van der Waals surface area contributed by atoms with Crippen LogP contribution in [0.25, 0.3) is 0 Å². The number of nitrogens with zero attached hydrogens (tertiary/aromatic N) is 1. The number of nitrogens with two attached hydrogens (primary N) is 1. The van der Waals surface area contributed by atoms with E-state index in [9.17, 15) is 4.79 Å². The molecule has 4 heteroatoms. The fourth-order valence-corrected chi connectivity index (χ4v) is 1.61. The van der Waals surface area contributed by atoms with Crippen molar-refractivity contribution in [2.24, 2.45) is 5.73 Å². The topological polar surface area (TPSA) is 65.2 Å². The Labute approximate surface area is 109 Å². The van der Waals surface area contributed by atoms with Gasteiger partial charge in [-0.05, 0) is 18.1 Å². The van der Waals surface area contributed by atoms with Crippen LogP contribution in [0.1, 0.15) is 55.1 Å². The van der Waals surface area contributed by atoms with E-state index >= 15 is 0 Å². The molecule has 1 rings (SSSR count). The summed E-state index contributed by atoms with van der Waals surface area (Å²) >= 11 is 0. The Hall–Kier alpha value is -1.42. The van der Waals surface area contributed by atoms with Crippen LogP contribution in [0.2, 0.25) is 0 Å². The number of aromatic nitrogens is 1. The first-order chi connectivity index (χ1) is 8.77. The Morgan fingerprint density at radius 1 is 1.28 bits per heavy atom. The predicted octanol–water partition coefficient (Wildman–Crippen LogP) is 2.67. The van der Waals surface area contributed by atoms with Crippen molar-refractivity contribution >= 4 is 5.97 Å². The van der Waals surface area contributed by atoms with Gasteiger partial charge in [0.25, 0.3) is 0 Å². The van der Waals surface area contributed by atoms with Crippen molar-refractivity contribution in [3.8, 4) is 0 Å². The van der Waals surface area contributed by atoms with E-state index in [-0.39, 0.29) is 5.97 Å². The zero-order valence-electron chi connectivity index (χ0n) is 11.0. The van der Waals surface area contributed by atoms with Crippen molar-refractivity contribution in [1.82, 2.24) is 4.98 Å². The predicted molar refractivity (Wildman–Crippen MR) is 71.2 cm³/mol. The second-order valence-corrected chi connectivity index (χ2v) is 4.31. The minimum absolute atomic E-state index is 0.348. The number of carbonyl (C=O) groups excluding carboxylic acids is 1.